The molecule has 2 aromatic rings. The van der Waals surface area contributed by atoms with Gasteiger partial charge in [-0.25, -0.2) is 4.98 Å². The summed E-state index contributed by atoms with van der Waals surface area (Å²) in [6.45, 7) is 3.74. The zero-order chi connectivity index (χ0) is 14.8. The molecule has 2 aromatic heterocycles. The quantitative estimate of drug-likeness (QED) is 0.566. The first-order chi connectivity index (χ1) is 8.99. The summed E-state index contributed by atoms with van der Waals surface area (Å²) in [5.41, 5.74) is 1.81. The van der Waals surface area contributed by atoms with Gasteiger partial charge in [-0.05, 0) is 54.0 Å². The number of aryl methyl sites for hydroxylation is 2. The number of pyridine rings is 2. The zero-order valence-corrected chi connectivity index (χ0v) is 15.1. The van der Waals surface area contributed by atoms with Crippen molar-refractivity contribution in [1.82, 2.24) is 9.97 Å². The smallest absolute Gasteiger partial charge is 0.148 e. The molecule has 0 unspecified atom stereocenters. The van der Waals surface area contributed by atoms with Gasteiger partial charge < -0.3 is 10.2 Å². The van der Waals surface area contributed by atoms with E-state index in [1.807, 2.05) is 13.8 Å². The van der Waals surface area contributed by atoms with Crippen LogP contribution in [0.5, 0.6) is 11.5 Å². The van der Waals surface area contributed by atoms with Crippen LogP contribution < -0.4 is 0 Å². The summed E-state index contributed by atoms with van der Waals surface area (Å²) in [7, 11) is 0. The second kappa shape index (κ2) is 10.2. The lowest BCUT2D eigenvalue weighted by Gasteiger charge is -1.94. The molecule has 19 heavy (non-hydrogen) atoms. The Labute approximate surface area is 135 Å². The Morgan fingerprint density at radius 2 is 1.53 bits per heavy atom. The summed E-state index contributed by atoms with van der Waals surface area (Å²) >= 11 is 8.58. The molecule has 0 aliphatic heterocycles. The van der Waals surface area contributed by atoms with Crippen LogP contribution in [0.2, 0.25) is 0 Å². The van der Waals surface area contributed by atoms with Crippen molar-refractivity contribution in [3.63, 3.8) is 0 Å². The molecule has 0 aromatic carbocycles. The molecule has 0 aliphatic carbocycles. The van der Waals surface area contributed by atoms with E-state index < -0.39 is 0 Å². The van der Waals surface area contributed by atoms with E-state index in [2.05, 4.69) is 54.2 Å². The van der Waals surface area contributed by atoms with Crippen molar-refractivity contribution >= 4 is 44.2 Å². The van der Waals surface area contributed by atoms with E-state index in [4.69, 9.17) is 10.2 Å². The summed E-state index contributed by atoms with van der Waals surface area (Å²) in [6, 6.07) is 6.73. The van der Waals surface area contributed by atoms with Crippen LogP contribution in [0.15, 0.2) is 35.1 Å². The SMILES string of the molecule is BrBr.Cc1ccc(O)c(Br)n1.Cc1ccc(O)cn1. The standard InChI is InChI=1S/C6H6BrNO.C6H7NO.Br2/c1-4-2-3-5(9)6(7)8-4;1-5-2-3-6(8)4-7-5;1-2/h2-3,9H,1H3;2-4,8H,1H3;. The van der Waals surface area contributed by atoms with Crippen molar-refractivity contribution in [2.45, 2.75) is 13.8 Å². The molecule has 0 radical (unpaired) electrons. The van der Waals surface area contributed by atoms with Crippen LogP contribution in [-0.4, -0.2) is 20.2 Å². The van der Waals surface area contributed by atoms with Crippen molar-refractivity contribution in [2.75, 3.05) is 0 Å². The predicted octanol–water partition coefficient (Wildman–Crippen LogP) is 4.64. The molecular weight excluding hydrogens is 444 g/mol. The highest BCUT2D eigenvalue weighted by atomic mass is 80.9. The lowest BCUT2D eigenvalue weighted by molar-refractivity contribution is 0.468. The topological polar surface area (TPSA) is 66.2 Å². The molecule has 2 N–H and O–H groups in total. The van der Waals surface area contributed by atoms with Crippen LogP contribution in [-0.2, 0) is 0 Å². The molecule has 0 fully saturated rings. The monoisotopic (exact) mass is 454 g/mol. The Morgan fingerprint density at radius 3 is 1.89 bits per heavy atom. The third-order valence-corrected chi connectivity index (χ3v) is 2.45. The molecule has 7 heteroatoms. The van der Waals surface area contributed by atoms with Gasteiger partial charge in [0.1, 0.15) is 16.1 Å². The number of aromatic hydroxyl groups is 2. The van der Waals surface area contributed by atoms with E-state index in [-0.39, 0.29) is 11.5 Å². The Kier molecular flexibility index (Phi) is 9.81. The molecule has 104 valence electrons. The highest BCUT2D eigenvalue weighted by Gasteiger charge is 1.95. The minimum absolute atomic E-state index is 0.181. The number of hydrogen-bond donors (Lipinski definition) is 2. The van der Waals surface area contributed by atoms with Gasteiger partial charge >= 0.3 is 0 Å². The second-order valence-electron chi connectivity index (χ2n) is 3.42. The van der Waals surface area contributed by atoms with Crippen LogP contribution in [0.4, 0.5) is 0 Å². The maximum absolute atomic E-state index is 8.93. The largest absolute Gasteiger partial charge is 0.506 e. The first-order valence-electron chi connectivity index (χ1n) is 5.07. The summed E-state index contributed by atoms with van der Waals surface area (Å²) in [5, 5.41) is 17.6. The Bertz CT molecular complexity index is 472. The molecule has 0 aliphatic rings. The number of nitrogens with zero attached hydrogens (tertiary/aromatic N) is 2. The first kappa shape index (κ1) is 18.3. The average Bonchev–Trinajstić information content (AvgIpc) is 2.41. The molecule has 4 nitrogen and oxygen atoms in total. The lowest BCUT2D eigenvalue weighted by atomic mass is 10.4. The molecule has 0 atom stereocenters. The van der Waals surface area contributed by atoms with Crippen LogP contribution >= 0.6 is 44.2 Å². The van der Waals surface area contributed by atoms with E-state index in [0.717, 1.165) is 11.4 Å². The van der Waals surface area contributed by atoms with E-state index >= 15 is 0 Å². The van der Waals surface area contributed by atoms with Gasteiger partial charge in [0.15, 0.2) is 0 Å². The number of aromatic nitrogens is 2. The van der Waals surface area contributed by atoms with Gasteiger partial charge in [-0.3, -0.25) is 4.98 Å². The molecule has 0 saturated heterocycles. The zero-order valence-electron chi connectivity index (χ0n) is 10.3. The van der Waals surface area contributed by atoms with Crippen molar-refractivity contribution in [3.8, 4) is 11.5 Å². The summed E-state index contributed by atoms with van der Waals surface area (Å²) in [5.74, 6) is 0.399. The minimum atomic E-state index is 0.181. The molecule has 0 amide bonds. The molecular formula is C12H13Br3N2O2. The van der Waals surface area contributed by atoms with E-state index in [0.29, 0.717) is 4.60 Å². The van der Waals surface area contributed by atoms with Crippen LogP contribution in [0, 0.1) is 13.8 Å². The van der Waals surface area contributed by atoms with E-state index in [1.54, 1.807) is 24.3 Å². The van der Waals surface area contributed by atoms with Crippen LogP contribution in [0.25, 0.3) is 0 Å². The van der Waals surface area contributed by atoms with Gasteiger partial charge in [0.05, 0.1) is 6.20 Å². The molecule has 0 bridgehead atoms. The van der Waals surface area contributed by atoms with Crippen molar-refractivity contribution in [3.05, 3.63) is 46.5 Å². The highest BCUT2D eigenvalue weighted by Crippen LogP contribution is 2.19. The van der Waals surface area contributed by atoms with Gasteiger partial charge in [0, 0.05) is 39.6 Å². The predicted molar refractivity (Wildman–Crippen MR) is 86.8 cm³/mol. The fourth-order valence-corrected chi connectivity index (χ4v) is 1.39. The lowest BCUT2D eigenvalue weighted by Crippen LogP contribution is -1.79. The van der Waals surface area contributed by atoms with Crippen LogP contribution in [0.3, 0.4) is 0 Å². The highest BCUT2D eigenvalue weighted by molar-refractivity contribution is 9.93. The Morgan fingerprint density at radius 1 is 0.947 bits per heavy atom. The van der Waals surface area contributed by atoms with E-state index in [1.165, 1.54) is 6.20 Å². The third kappa shape index (κ3) is 8.18. The molecule has 0 saturated carbocycles. The van der Waals surface area contributed by atoms with Gasteiger partial charge in [-0.1, -0.05) is 0 Å². The summed E-state index contributed by atoms with van der Waals surface area (Å²) in [4.78, 5) is 7.77. The average molecular weight is 457 g/mol. The Hall–Kier alpha value is -0.660. The van der Waals surface area contributed by atoms with Crippen molar-refractivity contribution in [1.29, 1.82) is 0 Å². The van der Waals surface area contributed by atoms with Crippen molar-refractivity contribution in [2.24, 2.45) is 0 Å². The van der Waals surface area contributed by atoms with Gasteiger partial charge in [-0.2, -0.15) is 0 Å². The van der Waals surface area contributed by atoms with Gasteiger partial charge in [-0.15, -0.1) is 0 Å². The number of hydrogen-bond acceptors (Lipinski definition) is 4. The normalized spacial score (nSPS) is 8.68. The number of halogens is 3. The summed E-state index contributed by atoms with van der Waals surface area (Å²) in [6.07, 6.45) is 1.43. The third-order valence-electron chi connectivity index (χ3n) is 1.86. The second-order valence-corrected chi connectivity index (χ2v) is 4.17. The maximum atomic E-state index is 8.93. The molecule has 2 heterocycles. The van der Waals surface area contributed by atoms with E-state index in [9.17, 15) is 0 Å². The van der Waals surface area contributed by atoms with Crippen LogP contribution in [0.1, 0.15) is 11.4 Å². The fourth-order valence-electron chi connectivity index (χ4n) is 0.978. The fraction of sp³-hybridized carbons (Fsp3) is 0.167. The number of rotatable bonds is 0. The van der Waals surface area contributed by atoms with Gasteiger partial charge in [0.25, 0.3) is 0 Å². The minimum Gasteiger partial charge on any atom is -0.506 e. The Balaban J connectivity index is 0.000000303. The maximum Gasteiger partial charge on any atom is 0.148 e. The molecule has 0 spiro atoms. The first-order valence-corrected chi connectivity index (χ1v) is 9.58. The van der Waals surface area contributed by atoms with Crippen molar-refractivity contribution < 1.29 is 10.2 Å². The summed E-state index contributed by atoms with van der Waals surface area (Å²) < 4.78 is 0.502. The van der Waals surface area contributed by atoms with Gasteiger partial charge in [0.2, 0.25) is 0 Å². The molecule has 2 rings (SSSR count).